The number of likely N-dealkylation sites (tertiary alicyclic amines) is 1. The van der Waals surface area contributed by atoms with Crippen LogP contribution in [-0.4, -0.2) is 55.1 Å². The summed E-state index contributed by atoms with van der Waals surface area (Å²) in [6.07, 6.45) is -0.560. The van der Waals surface area contributed by atoms with Crippen LogP contribution in [0.3, 0.4) is 0 Å². The molecule has 0 aromatic heterocycles. The predicted octanol–water partition coefficient (Wildman–Crippen LogP) is 4.82. The molecule has 5 N–H and O–H groups in total. The third-order valence-corrected chi connectivity index (χ3v) is 7.49. The maximum Gasteiger partial charge on any atom is 0.416 e. The smallest absolute Gasteiger partial charge is 0.397 e. The van der Waals surface area contributed by atoms with E-state index in [4.69, 9.17) is 10.5 Å². The maximum absolute atomic E-state index is 14.5. The lowest BCUT2D eigenvalue weighted by Gasteiger charge is -2.27. The number of amides is 2. The van der Waals surface area contributed by atoms with Crippen molar-refractivity contribution in [1.82, 2.24) is 10.2 Å². The highest BCUT2D eigenvalue weighted by atomic mass is 19.4. The Balaban J connectivity index is 1.27. The minimum absolute atomic E-state index is 0.222. The van der Waals surface area contributed by atoms with Crippen molar-refractivity contribution in [2.75, 3.05) is 42.6 Å². The molecule has 0 aliphatic carbocycles. The summed E-state index contributed by atoms with van der Waals surface area (Å²) >= 11 is 0. The predicted molar refractivity (Wildman–Crippen MR) is 155 cm³/mol. The monoisotopic (exact) mass is 597 g/mol. The van der Waals surface area contributed by atoms with Gasteiger partial charge in [0.15, 0.2) is 0 Å². The fourth-order valence-corrected chi connectivity index (χ4v) is 5.22. The minimum atomic E-state index is -4.71. The van der Waals surface area contributed by atoms with Crippen LogP contribution in [-0.2, 0) is 20.5 Å². The molecular weight excluding hydrogens is 566 g/mol. The van der Waals surface area contributed by atoms with Gasteiger partial charge in [-0.25, -0.2) is 4.39 Å². The molecule has 2 bridgehead atoms. The van der Waals surface area contributed by atoms with E-state index < -0.39 is 29.5 Å². The number of morpholine rings is 1. The molecule has 2 heterocycles. The second-order valence-electron chi connectivity index (χ2n) is 10.5. The lowest BCUT2D eigenvalue weighted by Crippen LogP contribution is -2.43. The number of carbonyl (C=O) groups is 2. The number of nitrogens with zero attached hydrogens (tertiary/aromatic N) is 1. The number of ether oxygens (including phenoxy) is 1. The fraction of sp³-hybridized carbons (Fsp3) is 0.290. The molecule has 2 saturated heterocycles. The van der Waals surface area contributed by atoms with E-state index in [1.54, 1.807) is 54.6 Å². The molecule has 3 unspecified atom stereocenters. The van der Waals surface area contributed by atoms with Crippen LogP contribution in [0.15, 0.2) is 72.8 Å². The third kappa shape index (κ3) is 7.58. The van der Waals surface area contributed by atoms with E-state index in [0.717, 1.165) is 25.1 Å². The molecule has 2 aliphatic rings. The number of hydrogen-bond donors (Lipinski definition) is 4. The van der Waals surface area contributed by atoms with Gasteiger partial charge in [-0.15, -0.1) is 0 Å². The number of alkyl halides is 3. The first-order valence-corrected chi connectivity index (χ1v) is 13.8. The van der Waals surface area contributed by atoms with E-state index in [1.165, 1.54) is 6.08 Å². The van der Waals surface area contributed by atoms with Gasteiger partial charge in [0.1, 0.15) is 11.9 Å². The van der Waals surface area contributed by atoms with Gasteiger partial charge in [-0.1, -0.05) is 36.4 Å². The summed E-state index contributed by atoms with van der Waals surface area (Å²) in [4.78, 5) is 27.9. The van der Waals surface area contributed by atoms with Gasteiger partial charge in [0, 0.05) is 31.8 Å². The van der Waals surface area contributed by atoms with E-state index >= 15 is 0 Å². The molecular formula is C31H31F4N5O3. The van der Waals surface area contributed by atoms with E-state index in [0.29, 0.717) is 54.3 Å². The van der Waals surface area contributed by atoms with Crippen LogP contribution in [0, 0.1) is 5.82 Å². The van der Waals surface area contributed by atoms with Crippen molar-refractivity contribution in [3.8, 4) is 0 Å². The Morgan fingerprint density at radius 2 is 1.81 bits per heavy atom. The molecule has 2 aliphatic heterocycles. The topological polar surface area (TPSA) is 109 Å². The molecule has 3 atom stereocenters. The molecule has 3 aromatic rings. The van der Waals surface area contributed by atoms with Gasteiger partial charge in [-0.05, 0) is 54.0 Å². The van der Waals surface area contributed by atoms with Gasteiger partial charge in [-0.2, -0.15) is 13.2 Å². The summed E-state index contributed by atoms with van der Waals surface area (Å²) in [5, 5.41) is 8.33. The number of anilines is 3. The average Bonchev–Trinajstić information content (AvgIpc) is 3.60. The number of para-hydroxylation sites is 2. The van der Waals surface area contributed by atoms with Crippen LogP contribution in [0.1, 0.15) is 29.2 Å². The number of fused-ring (bicyclic) bond motifs is 2. The van der Waals surface area contributed by atoms with Gasteiger partial charge in [0.25, 0.3) is 0 Å². The first kappa shape index (κ1) is 30.2. The third-order valence-electron chi connectivity index (χ3n) is 7.49. The van der Waals surface area contributed by atoms with Crippen LogP contribution in [0.25, 0.3) is 6.08 Å². The van der Waals surface area contributed by atoms with Gasteiger partial charge in [0.2, 0.25) is 11.8 Å². The van der Waals surface area contributed by atoms with Crippen LogP contribution in [0.2, 0.25) is 0 Å². The molecule has 5 rings (SSSR count). The Hall–Kier alpha value is -4.26. The maximum atomic E-state index is 14.5. The average molecular weight is 598 g/mol. The van der Waals surface area contributed by atoms with Crippen molar-refractivity contribution < 1.29 is 31.9 Å². The van der Waals surface area contributed by atoms with E-state index in [-0.39, 0.29) is 17.7 Å². The lowest BCUT2D eigenvalue weighted by molar-refractivity contribution is -0.137. The van der Waals surface area contributed by atoms with E-state index in [9.17, 15) is 27.2 Å². The highest BCUT2D eigenvalue weighted by molar-refractivity contribution is 6.03. The normalized spacial score (nSPS) is 19.1. The molecule has 12 heteroatoms. The van der Waals surface area contributed by atoms with Gasteiger partial charge in [0.05, 0.1) is 35.3 Å². The molecule has 8 nitrogen and oxygen atoms in total. The summed E-state index contributed by atoms with van der Waals surface area (Å²) in [6.45, 7) is 2.57. The van der Waals surface area contributed by atoms with E-state index in [1.807, 2.05) is 0 Å². The fourth-order valence-electron chi connectivity index (χ4n) is 5.22. The number of hydrogen-bond acceptors (Lipinski definition) is 6. The quantitative estimate of drug-likeness (QED) is 0.152. The molecule has 2 amide bonds. The van der Waals surface area contributed by atoms with Crippen LogP contribution in [0.5, 0.6) is 0 Å². The zero-order chi connectivity index (χ0) is 30.6. The van der Waals surface area contributed by atoms with Crippen molar-refractivity contribution >= 4 is 35.0 Å². The number of nitrogens with two attached hydrogens (primary N) is 1. The van der Waals surface area contributed by atoms with Crippen molar-refractivity contribution in [3.63, 3.8) is 0 Å². The van der Waals surface area contributed by atoms with Crippen molar-refractivity contribution in [2.45, 2.75) is 30.8 Å². The van der Waals surface area contributed by atoms with Crippen LogP contribution in [0.4, 0.5) is 34.6 Å². The second kappa shape index (κ2) is 12.9. The number of nitrogen functional groups attached to an aromatic ring is 1. The number of halogens is 4. The molecule has 0 radical (unpaired) electrons. The molecule has 226 valence electrons. The van der Waals surface area contributed by atoms with Crippen LogP contribution >= 0.6 is 0 Å². The summed E-state index contributed by atoms with van der Waals surface area (Å²) in [7, 11) is 0. The first-order valence-electron chi connectivity index (χ1n) is 13.8. The van der Waals surface area contributed by atoms with Gasteiger partial charge in [-0.3, -0.25) is 14.5 Å². The van der Waals surface area contributed by atoms with Gasteiger partial charge >= 0.3 is 6.18 Å². The zero-order valence-corrected chi connectivity index (χ0v) is 23.0. The second-order valence-corrected chi connectivity index (χ2v) is 10.5. The van der Waals surface area contributed by atoms with Gasteiger partial charge < -0.3 is 26.4 Å². The highest BCUT2D eigenvalue weighted by Crippen LogP contribution is 2.32. The first-order chi connectivity index (χ1) is 20.6. The Labute approximate surface area is 245 Å². The van der Waals surface area contributed by atoms with Crippen molar-refractivity contribution in [1.29, 1.82) is 0 Å². The Bertz CT molecular complexity index is 1500. The lowest BCUT2D eigenvalue weighted by atomic mass is 10.0. The number of benzene rings is 3. The number of carbonyl (C=O) groups excluding carboxylic acids is 2. The largest absolute Gasteiger partial charge is 0.416 e. The van der Waals surface area contributed by atoms with Crippen molar-refractivity contribution in [3.05, 3.63) is 95.3 Å². The molecule has 0 saturated carbocycles. The number of nitrogens with one attached hydrogen (secondary N) is 3. The molecule has 3 aromatic carbocycles. The minimum Gasteiger partial charge on any atom is -0.397 e. The SMILES string of the molecule is Nc1ccccc1NC(=O)/C=C/c1ccc(C(NCCN2CC3CC2CO3)C(=O)Nc2ccc(C(F)(F)F)cc2F)cc1. The summed E-state index contributed by atoms with van der Waals surface area (Å²) in [5.41, 5.74) is 6.52. The summed E-state index contributed by atoms with van der Waals surface area (Å²) < 4.78 is 59.1. The van der Waals surface area contributed by atoms with E-state index in [2.05, 4.69) is 20.9 Å². The summed E-state index contributed by atoms with van der Waals surface area (Å²) in [6, 6.07) is 15.1. The molecule has 43 heavy (non-hydrogen) atoms. The van der Waals surface area contributed by atoms with Crippen LogP contribution < -0.4 is 21.7 Å². The number of rotatable bonds is 10. The highest BCUT2D eigenvalue weighted by Gasteiger charge is 2.38. The molecule has 0 spiro atoms. The Morgan fingerprint density at radius 1 is 1.05 bits per heavy atom. The Kier molecular flexibility index (Phi) is 9.09. The standard InChI is InChI=1S/C31H31F4N5O3/c32-24-15-21(31(33,34)35)10-11-26(24)39-30(42)29(37-13-14-40-17-23-16-22(40)18-43-23)20-8-5-19(6-9-20)7-12-28(41)38-27-4-2-1-3-25(27)36/h1-12,15,22-23,29,37H,13-14,16-18,36H2,(H,38,41)(H,39,42)/b12-7+. The zero-order valence-electron chi connectivity index (χ0n) is 23.0. The van der Waals surface area contributed by atoms with Crippen molar-refractivity contribution in [2.24, 2.45) is 0 Å². The molecule has 2 fully saturated rings. The Morgan fingerprint density at radius 3 is 2.47 bits per heavy atom. The summed E-state index contributed by atoms with van der Waals surface area (Å²) in [5.74, 6) is -2.19.